The highest BCUT2D eigenvalue weighted by Crippen LogP contribution is 2.28. The molecule has 0 unspecified atom stereocenters. The summed E-state index contributed by atoms with van der Waals surface area (Å²) >= 11 is 7.42. The number of alkyl halides is 1. The molecule has 0 saturated heterocycles. The Morgan fingerprint density at radius 2 is 2.33 bits per heavy atom. The number of rotatable bonds is 3. The molecule has 2 heterocycles. The van der Waals surface area contributed by atoms with Crippen LogP contribution >= 0.6 is 22.9 Å². The Hall–Kier alpha value is -1.52. The molecule has 3 nitrogen and oxygen atoms in total. The van der Waals surface area contributed by atoms with Crippen LogP contribution in [0.4, 0.5) is 0 Å². The van der Waals surface area contributed by atoms with Crippen molar-refractivity contribution >= 4 is 27.9 Å². The van der Waals surface area contributed by atoms with E-state index in [-0.39, 0.29) is 0 Å². The van der Waals surface area contributed by atoms with Crippen molar-refractivity contribution in [1.29, 1.82) is 0 Å². The minimum absolute atomic E-state index is 0.436. The van der Waals surface area contributed by atoms with Crippen LogP contribution in [0.3, 0.4) is 0 Å². The standard InChI is InChI=1S/C13H11ClN2OS/c1-17-11-4-2-3-9(5-11)12-8-18-13-15-10(6-14)7-16(12)13/h2-5,7-8H,6H2,1H3. The molecule has 0 aliphatic heterocycles. The van der Waals surface area contributed by atoms with E-state index in [0.717, 1.165) is 27.7 Å². The Morgan fingerprint density at radius 3 is 3.11 bits per heavy atom. The molecule has 0 radical (unpaired) electrons. The first-order chi connectivity index (χ1) is 8.81. The van der Waals surface area contributed by atoms with Gasteiger partial charge in [0, 0.05) is 17.1 Å². The van der Waals surface area contributed by atoms with Crippen molar-refractivity contribution in [3.05, 3.63) is 41.5 Å². The summed E-state index contributed by atoms with van der Waals surface area (Å²) in [6, 6.07) is 7.99. The lowest BCUT2D eigenvalue weighted by Crippen LogP contribution is -1.86. The number of hydrogen-bond acceptors (Lipinski definition) is 3. The Bertz CT molecular complexity index is 689. The molecule has 0 saturated carbocycles. The number of halogens is 1. The summed E-state index contributed by atoms with van der Waals surface area (Å²) in [7, 11) is 1.67. The zero-order valence-electron chi connectivity index (χ0n) is 9.76. The zero-order chi connectivity index (χ0) is 12.5. The summed E-state index contributed by atoms with van der Waals surface area (Å²) in [6.07, 6.45) is 1.98. The molecule has 18 heavy (non-hydrogen) atoms. The summed E-state index contributed by atoms with van der Waals surface area (Å²) < 4.78 is 7.32. The minimum Gasteiger partial charge on any atom is -0.497 e. The lowest BCUT2D eigenvalue weighted by Gasteiger charge is -2.03. The largest absolute Gasteiger partial charge is 0.497 e. The fraction of sp³-hybridized carbons (Fsp3) is 0.154. The number of nitrogens with zero attached hydrogens (tertiary/aromatic N) is 2. The van der Waals surface area contributed by atoms with Gasteiger partial charge in [0.05, 0.1) is 24.4 Å². The predicted octanol–water partition coefficient (Wildman–Crippen LogP) is 3.81. The second-order valence-corrected chi connectivity index (χ2v) is 4.98. The molecule has 0 N–H and O–H groups in total. The van der Waals surface area contributed by atoms with Gasteiger partial charge < -0.3 is 4.74 Å². The summed E-state index contributed by atoms with van der Waals surface area (Å²) in [4.78, 5) is 5.40. The van der Waals surface area contributed by atoms with Crippen LogP contribution in [-0.2, 0) is 5.88 Å². The first-order valence-corrected chi connectivity index (χ1v) is 6.89. The van der Waals surface area contributed by atoms with E-state index in [1.807, 2.05) is 24.4 Å². The third-order valence-electron chi connectivity index (χ3n) is 2.76. The lowest BCUT2D eigenvalue weighted by atomic mass is 10.1. The van der Waals surface area contributed by atoms with Crippen LogP contribution in [-0.4, -0.2) is 16.5 Å². The number of methoxy groups -OCH3 is 1. The van der Waals surface area contributed by atoms with Gasteiger partial charge in [0.2, 0.25) is 0 Å². The number of fused-ring (bicyclic) bond motifs is 1. The maximum atomic E-state index is 5.81. The van der Waals surface area contributed by atoms with Gasteiger partial charge >= 0.3 is 0 Å². The fourth-order valence-electron chi connectivity index (χ4n) is 1.88. The molecule has 0 bridgehead atoms. The molecule has 0 fully saturated rings. The quantitative estimate of drug-likeness (QED) is 0.681. The first kappa shape index (κ1) is 11.6. The van der Waals surface area contributed by atoms with Crippen molar-refractivity contribution in [2.24, 2.45) is 0 Å². The second-order valence-electron chi connectivity index (χ2n) is 3.87. The number of thiazole rings is 1. The fourth-order valence-corrected chi connectivity index (χ4v) is 2.91. The SMILES string of the molecule is COc1cccc(-c2csc3nc(CCl)cn23)c1. The molecule has 0 aliphatic carbocycles. The Kier molecular flexibility index (Phi) is 2.97. The van der Waals surface area contributed by atoms with Crippen molar-refractivity contribution in [2.45, 2.75) is 5.88 Å². The number of imidazole rings is 1. The van der Waals surface area contributed by atoms with E-state index in [9.17, 15) is 0 Å². The van der Waals surface area contributed by atoms with Gasteiger partial charge in [-0.05, 0) is 12.1 Å². The summed E-state index contributed by atoms with van der Waals surface area (Å²) in [5.74, 6) is 1.29. The molecule has 0 spiro atoms. The van der Waals surface area contributed by atoms with Gasteiger partial charge in [-0.15, -0.1) is 22.9 Å². The third-order valence-corrected chi connectivity index (χ3v) is 3.88. The molecule has 0 amide bonds. The Morgan fingerprint density at radius 1 is 1.44 bits per heavy atom. The zero-order valence-corrected chi connectivity index (χ0v) is 11.3. The average molecular weight is 279 g/mol. The minimum atomic E-state index is 0.436. The van der Waals surface area contributed by atoms with Gasteiger partial charge in [0.1, 0.15) is 5.75 Å². The molecule has 1 aromatic carbocycles. The van der Waals surface area contributed by atoms with Gasteiger partial charge in [-0.1, -0.05) is 12.1 Å². The van der Waals surface area contributed by atoms with Gasteiger partial charge in [0.25, 0.3) is 0 Å². The monoisotopic (exact) mass is 278 g/mol. The maximum Gasteiger partial charge on any atom is 0.194 e. The van der Waals surface area contributed by atoms with Crippen LogP contribution in [0.2, 0.25) is 0 Å². The second kappa shape index (κ2) is 4.63. The van der Waals surface area contributed by atoms with Gasteiger partial charge in [0.15, 0.2) is 4.96 Å². The van der Waals surface area contributed by atoms with Crippen molar-refractivity contribution in [2.75, 3.05) is 7.11 Å². The van der Waals surface area contributed by atoms with Crippen LogP contribution in [0.1, 0.15) is 5.69 Å². The Labute approximate surface area is 114 Å². The number of benzene rings is 1. The van der Waals surface area contributed by atoms with E-state index in [2.05, 4.69) is 20.8 Å². The Balaban J connectivity index is 2.14. The third kappa shape index (κ3) is 1.87. The smallest absolute Gasteiger partial charge is 0.194 e. The van der Waals surface area contributed by atoms with Crippen molar-refractivity contribution < 1.29 is 4.74 Å². The summed E-state index contributed by atoms with van der Waals surface area (Å²) in [5, 5.41) is 2.09. The van der Waals surface area contributed by atoms with E-state index < -0.39 is 0 Å². The molecule has 3 rings (SSSR count). The van der Waals surface area contributed by atoms with Crippen molar-refractivity contribution in [1.82, 2.24) is 9.38 Å². The highest BCUT2D eigenvalue weighted by atomic mass is 35.5. The highest BCUT2D eigenvalue weighted by Gasteiger charge is 2.09. The number of aromatic nitrogens is 2. The van der Waals surface area contributed by atoms with Gasteiger partial charge in [-0.3, -0.25) is 4.40 Å². The van der Waals surface area contributed by atoms with Gasteiger partial charge in [-0.2, -0.15) is 0 Å². The molecule has 92 valence electrons. The number of hydrogen-bond donors (Lipinski definition) is 0. The predicted molar refractivity (Wildman–Crippen MR) is 74.6 cm³/mol. The van der Waals surface area contributed by atoms with Crippen molar-refractivity contribution in [3.63, 3.8) is 0 Å². The molecule has 5 heteroatoms. The van der Waals surface area contributed by atoms with Crippen LogP contribution in [0, 0.1) is 0 Å². The van der Waals surface area contributed by atoms with Crippen LogP contribution in [0.25, 0.3) is 16.2 Å². The summed E-state index contributed by atoms with van der Waals surface area (Å²) in [6.45, 7) is 0. The van der Waals surface area contributed by atoms with E-state index in [0.29, 0.717) is 5.88 Å². The molecule has 3 aromatic rings. The van der Waals surface area contributed by atoms with E-state index >= 15 is 0 Å². The molecular weight excluding hydrogens is 268 g/mol. The van der Waals surface area contributed by atoms with Crippen LogP contribution in [0.15, 0.2) is 35.8 Å². The maximum absolute atomic E-state index is 5.81. The normalized spacial score (nSPS) is 11.0. The number of ether oxygens (including phenoxy) is 1. The molecule has 2 aromatic heterocycles. The van der Waals surface area contributed by atoms with E-state index in [1.165, 1.54) is 0 Å². The van der Waals surface area contributed by atoms with E-state index in [1.54, 1.807) is 18.4 Å². The summed E-state index contributed by atoms with van der Waals surface area (Å²) in [5.41, 5.74) is 3.12. The molecule has 0 atom stereocenters. The van der Waals surface area contributed by atoms with Gasteiger partial charge in [-0.25, -0.2) is 4.98 Å². The molecular formula is C13H11ClN2OS. The highest BCUT2D eigenvalue weighted by molar-refractivity contribution is 7.15. The van der Waals surface area contributed by atoms with Crippen LogP contribution in [0.5, 0.6) is 5.75 Å². The topological polar surface area (TPSA) is 26.5 Å². The molecule has 0 aliphatic rings. The average Bonchev–Trinajstić information content (AvgIpc) is 2.98. The first-order valence-electron chi connectivity index (χ1n) is 5.47. The van der Waals surface area contributed by atoms with Crippen molar-refractivity contribution in [3.8, 4) is 17.0 Å². The van der Waals surface area contributed by atoms with Crippen LogP contribution < -0.4 is 4.74 Å². The van der Waals surface area contributed by atoms with E-state index in [4.69, 9.17) is 16.3 Å². The lowest BCUT2D eigenvalue weighted by molar-refractivity contribution is 0.415.